The van der Waals surface area contributed by atoms with Crippen molar-refractivity contribution in [1.82, 2.24) is 14.5 Å². The molecule has 1 aliphatic carbocycles. The third-order valence-electron chi connectivity index (χ3n) is 8.71. The maximum Gasteiger partial charge on any atom is 0.250 e. The molecule has 43 heavy (non-hydrogen) atoms. The number of nitrogens with two attached hydrogens (primary N) is 1. The lowest BCUT2D eigenvalue weighted by Crippen LogP contribution is -2.48. The highest BCUT2D eigenvalue weighted by Crippen LogP contribution is 2.32. The fraction of sp³-hybridized carbons (Fsp3) is 0.353. The number of aromatic nitrogens is 2. The van der Waals surface area contributed by atoms with Gasteiger partial charge in [0.25, 0.3) is 5.91 Å². The Bertz CT molecular complexity index is 1710. The first-order valence-corrected chi connectivity index (χ1v) is 15.0. The molecule has 3 heterocycles. The van der Waals surface area contributed by atoms with E-state index in [9.17, 15) is 18.8 Å². The summed E-state index contributed by atoms with van der Waals surface area (Å²) >= 11 is 0. The number of halogens is 1. The van der Waals surface area contributed by atoms with Gasteiger partial charge in [-0.2, -0.15) is 0 Å². The lowest BCUT2D eigenvalue weighted by molar-refractivity contribution is -0.139. The first-order valence-electron chi connectivity index (χ1n) is 15.0. The number of pyridine rings is 1. The molecule has 1 saturated heterocycles. The van der Waals surface area contributed by atoms with Crippen molar-refractivity contribution in [2.75, 3.05) is 11.9 Å². The van der Waals surface area contributed by atoms with Crippen LogP contribution in [0.2, 0.25) is 0 Å². The molecule has 3 amide bonds. The van der Waals surface area contributed by atoms with Crippen molar-refractivity contribution in [3.63, 3.8) is 0 Å². The second-order valence-corrected chi connectivity index (χ2v) is 11.7. The zero-order valence-electron chi connectivity index (χ0n) is 24.3. The van der Waals surface area contributed by atoms with E-state index in [-0.39, 0.29) is 38.3 Å². The molecule has 0 spiro atoms. The van der Waals surface area contributed by atoms with Crippen LogP contribution in [0.1, 0.15) is 59.3 Å². The third kappa shape index (κ3) is 6.02. The molecular weight excluding hydrogens is 545 g/mol. The van der Waals surface area contributed by atoms with E-state index in [1.54, 1.807) is 22.9 Å². The largest absolute Gasteiger partial charge is 0.366 e. The fourth-order valence-electron chi connectivity index (χ4n) is 6.42. The Morgan fingerprint density at radius 3 is 2.53 bits per heavy atom. The second kappa shape index (κ2) is 12.0. The third-order valence-corrected chi connectivity index (χ3v) is 8.71. The summed E-state index contributed by atoms with van der Waals surface area (Å²) in [5.74, 6) is -0.934. The maximum absolute atomic E-state index is 14.5. The maximum atomic E-state index is 14.5. The number of hydrogen-bond acceptors (Lipinski definition) is 4. The lowest BCUT2D eigenvalue weighted by Gasteiger charge is -2.29. The molecule has 1 fully saturated rings. The minimum atomic E-state index is -1.10. The second-order valence-electron chi connectivity index (χ2n) is 11.7. The monoisotopic (exact) mass is 581 g/mol. The molecule has 1 aliphatic heterocycles. The zero-order valence-corrected chi connectivity index (χ0v) is 24.3. The van der Waals surface area contributed by atoms with E-state index in [4.69, 9.17) is 5.73 Å². The Balaban J connectivity index is 1.28. The number of rotatable bonds is 6. The van der Waals surface area contributed by atoms with Crippen molar-refractivity contribution in [2.24, 2.45) is 5.73 Å². The van der Waals surface area contributed by atoms with Gasteiger partial charge < -0.3 is 20.5 Å². The van der Waals surface area contributed by atoms with E-state index in [0.29, 0.717) is 22.3 Å². The Morgan fingerprint density at radius 2 is 1.74 bits per heavy atom. The van der Waals surface area contributed by atoms with Crippen molar-refractivity contribution >= 4 is 34.4 Å². The average molecular weight is 582 g/mol. The van der Waals surface area contributed by atoms with Crippen LogP contribution in [-0.2, 0) is 29.0 Å². The molecule has 222 valence electrons. The van der Waals surface area contributed by atoms with Gasteiger partial charge in [-0.15, -0.1) is 0 Å². The van der Waals surface area contributed by atoms with Crippen molar-refractivity contribution in [3.05, 3.63) is 83.2 Å². The van der Waals surface area contributed by atoms with Gasteiger partial charge in [-0.05, 0) is 98.4 Å². The highest BCUT2D eigenvalue weighted by molar-refractivity contribution is 6.07. The number of hydrogen-bond donors (Lipinski definition) is 2. The van der Waals surface area contributed by atoms with Crippen LogP contribution in [0.5, 0.6) is 0 Å². The molecule has 2 aromatic carbocycles. The van der Waals surface area contributed by atoms with E-state index in [2.05, 4.69) is 28.5 Å². The molecule has 1 unspecified atom stereocenters. The smallest absolute Gasteiger partial charge is 0.250 e. The van der Waals surface area contributed by atoms with Gasteiger partial charge in [-0.3, -0.25) is 14.4 Å². The number of fused-ring (bicyclic) bond motifs is 2. The molecule has 0 bridgehead atoms. The number of aryl methyl sites for hydroxylation is 3. The van der Waals surface area contributed by atoms with E-state index in [0.717, 1.165) is 29.7 Å². The van der Waals surface area contributed by atoms with Gasteiger partial charge in [0, 0.05) is 29.3 Å². The van der Waals surface area contributed by atoms with E-state index < -0.39 is 24.0 Å². The molecule has 0 radical (unpaired) electrons. The summed E-state index contributed by atoms with van der Waals surface area (Å²) in [4.78, 5) is 45.4. The summed E-state index contributed by atoms with van der Waals surface area (Å²) in [6, 6.07) is 16.8. The van der Waals surface area contributed by atoms with Crippen LogP contribution in [0, 0.1) is 6.92 Å². The van der Waals surface area contributed by atoms with Crippen LogP contribution in [-0.4, -0.2) is 50.9 Å². The summed E-state index contributed by atoms with van der Waals surface area (Å²) in [5.41, 5.74) is 12.3. The van der Waals surface area contributed by atoms with E-state index >= 15 is 0 Å². The number of benzene rings is 2. The Labute approximate surface area is 250 Å². The van der Waals surface area contributed by atoms with Crippen molar-refractivity contribution in [2.45, 2.75) is 70.6 Å². The predicted octanol–water partition coefficient (Wildman–Crippen LogP) is 5.35. The molecule has 4 aromatic rings. The number of primary amides is 1. The molecule has 6 rings (SSSR count). The van der Waals surface area contributed by atoms with Gasteiger partial charge in [-0.1, -0.05) is 30.3 Å². The van der Waals surface area contributed by atoms with Crippen LogP contribution in [0.4, 0.5) is 10.2 Å². The van der Waals surface area contributed by atoms with Crippen LogP contribution in [0.25, 0.3) is 22.0 Å². The molecule has 3 N–H and O–H groups in total. The van der Waals surface area contributed by atoms with Crippen LogP contribution >= 0.6 is 0 Å². The standard InChI is InChI=1S/C34H36FN5O3/c1-21-5-4-8-31(37-21)38-34(43)30-14-12-26(35)15-16-40(30)32(41)20-39-19-28(33(36)42)27-18-25(11-13-29(27)39)24-10-9-22-6-2-3-7-23(22)17-24/h4-5,8-11,13,17-19,26,30H,2-3,6-7,12,14-16,20H2,1H3,(H2,36,42)(H,37,38,43)/t26?,30-/m0/s1. The number of carbonyl (C=O) groups excluding carboxylic acids is 3. The minimum Gasteiger partial charge on any atom is -0.366 e. The molecule has 2 aliphatic rings. The van der Waals surface area contributed by atoms with Crippen molar-refractivity contribution in [3.8, 4) is 11.1 Å². The van der Waals surface area contributed by atoms with Crippen molar-refractivity contribution in [1.29, 1.82) is 0 Å². The lowest BCUT2D eigenvalue weighted by atomic mass is 9.89. The quantitative estimate of drug-likeness (QED) is 0.320. The van der Waals surface area contributed by atoms with Crippen LogP contribution in [0.15, 0.2) is 60.8 Å². The van der Waals surface area contributed by atoms with Crippen LogP contribution in [0.3, 0.4) is 0 Å². The number of nitrogens with one attached hydrogen (secondary N) is 1. The fourth-order valence-corrected chi connectivity index (χ4v) is 6.42. The molecule has 2 aromatic heterocycles. The van der Waals surface area contributed by atoms with Crippen molar-refractivity contribution < 1.29 is 18.8 Å². The average Bonchev–Trinajstić information content (AvgIpc) is 3.23. The molecule has 8 nitrogen and oxygen atoms in total. The Morgan fingerprint density at radius 1 is 0.977 bits per heavy atom. The molecule has 0 saturated carbocycles. The van der Waals surface area contributed by atoms with Crippen LogP contribution < -0.4 is 11.1 Å². The van der Waals surface area contributed by atoms with E-state index in [1.807, 2.05) is 31.2 Å². The number of anilines is 1. The highest BCUT2D eigenvalue weighted by Gasteiger charge is 2.34. The number of nitrogens with zero attached hydrogens (tertiary/aromatic N) is 3. The number of alkyl halides is 1. The number of likely N-dealkylation sites (tertiary alicyclic amines) is 1. The molecule has 9 heteroatoms. The summed E-state index contributed by atoms with van der Waals surface area (Å²) < 4.78 is 16.2. The normalized spacial score (nSPS) is 18.6. The predicted molar refractivity (Wildman–Crippen MR) is 164 cm³/mol. The van der Waals surface area contributed by atoms with Gasteiger partial charge in [0.05, 0.1) is 5.56 Å². The van der Waals surface area contributed by atoms with Gasteiger partial charge >= 0.3 is 0 Å². The summed E-state index contributed by atoms with van der Waals surface area (Å²) in [6.45, 7) is 1.82. The summed E-state index contributed by atoms with van der Waals surface area (Å²) in [7, 11) is 0. The minimum absolute atomic E-state index is 0.115. The number of amides is 3. The first kappa shape index (κ1) is 28.6. The van der Waals surface area contributed by atoms with E-state index in [1.165, 1.54) is 28.9 Å². The number of carbonyl (C=O) groups is 3. The topological polar surface area (TPSA) is 110 Å². The molecular formula is C34H36FN5O3. The van der Waals surface area contributed by atoms with Gasteiger partial charge in [-0.25, -0.2) is 9.37 Å². The summed E-state index contributed by atoms with van der Waals surface area (Å²) in [6.07, 6.45) is 5.62. The molecule has 2 atom stereocenters. The van der Waals surface area contributed by atoms with Gasteiger partial charge in [0.15, 0.2) is 0 Å². The SMILES string of the molecule is Cc1cccc(NC(=O)[C@@H]2CCC(F)CCN2C(=O)Cn2cc(C(N)=O)c3cc(-c4ccc5c(c4)CCCC5)ccc32)n1. The summed E-state index contributed by atoms with van der Waals surface area (Å²) in [5, 5.41) is 3.46. The first-order chi connectivity index (χ1) is 20.8. The Kier molecular flexibility index (Phi) is 7.97. The van der Waals surface area contributed by atoms with Gasteiger partial charge in [0.1, 0.15) is 24.6 Å². The Hall–Kier alpha value is -4.53. The van der Waals surface area contributed by atoms with Gasteiger partial charge in [0.2, 0.25) is 11.8 Å². The highest BCUT2D eigenvalue weighted by atomic mass is 19.1. The zero-order chi connectivity index (χ0) is 30.1.